The molecule has 0 radical (unpaired) electrons. The molecule has 0 fully saturated rings. The molecule has 3 aromatic heterocycles. The van der Waals surface area contributed by atoms with Gasteiger partial charge in [0.2, 0.25) is 0 Å². The highest BCUT2D eigenvalue weighted by molar-refractivity contribution is 5.95. The lowest BCUT2D eigenvalue weighted by molar-refractivity contribution is -0.324. The lowest BCUT2D eigenvalue weighted by atomic mass is 9.86. The second kappa shape index (κ2) is 17.4. The Labute approximate surface area is 376 Å². The smallest absolute Gasteiger partial charge is 0.305 e. The highest BCUT2D eigenvalue weighted by Gasteiger charge is 2.22. The summed E-state index contributed by atoms with van der Waals surface area (Å²) in [6.45, 7) is 0. The molecular weight excluding hydrogens is 803 g/mol. The fraction of sp³-hybridized carbons (Fsp3) is 0.0172. The number of rotatable bonds is 10. The summed E-state index contributed by atoms with van der Waals surface area (Å²) in [5.74, 6) is -2.95. The van der Waals surface area contributed by atoms with E-state index in [4.69, 9.17) is 0 Å². The van der Waals surface area contributed by atoms with Gasteiger partial charge in [0, 0.05) is 40.8 Å². The summed E-state index contributed by atoms with van der Waals surface area (Å²) in [6, 6.07) is 69.1. The zero-order chi connectivity index (χ0) is 44.3. The first-order valence-electron chi connectivity index (χ1n) is 21.2. The van der Waals surface area contributed by atoms with Gasteiger partial charge >= 0.3 is 5.97 Å². The largest absolute Gasteiger partial charge is 0.507 e. The van der Waals surface area contributed by atoms with Gasteiger partial charge in [0.05, 0.1) is 22.6 Å². The molecule has 7 aromatic carbocycles. The van der Waals surface area contributed by atoms with Gasteiger partial charge in [-0.2, -0.15) is 0 Å². The average Bonchev–Trinajstić information content (AvgIpc) is 3.36. The molecule has 7 nitrogen and oxygen atoms in total. The van der Waals surface area contributed by atoms with Crippen molar-refractivity contribution in [1.82, 2.24) is 15.0 Å². The standard InChI is InChI=1S/C58H41N3O4/c62-57-36-42(56-30-28-46(37-61-56)58(63,64)65)27-29-53(57)52-16-6-5-15-51(52)45-34-43(49-13-3-1-11-47(49)38-19-23-40(24-20-38)54-17-7-9-31-59-54)33-44(35-45)50-14-4-2-12-48(50)39-21-25-41(26-22-39)55-18-8-10-32-60-55/h1-37,62-65H. The third kappa shape index (κ3) is 8.46. The Morgan fingerprint density at radius 3 is 1.08 bits per heavy atom. The fourth-order valence-corrected chi connectivity index (χ4v) is 8.43. The second-order valence-electron chi connectivity index (χ2n) is 15.8. The molecule has 4 N–H and O–H groups in total. The summed E-state index contributed by atoms with van der Waals surface area (Å²) in [4.78, 5) is 13.4. The van der Waals surface area contributed by atoms with E-state index in [2.05, 4.69) is 136 Å². The van der Waals surface area contributed by atoms with Gasteiger partial charge in [-0.1, -0.05) is 140 Å². The van der Waals surface area contributed by atoms with Gasteiger partial charge in [-0.15, -0.1) is 0 Å². The van der Waals surface area contributed by atoms with Crippen LogP contribution in [-0.2, 0) is 5.97 Å². The lowest BCUT2D eigenvalue weighted by Crippen LogP contribution is -2.23. The van der Waals surface area contributed by atoms with Crippen LogP contribution < -0.4 is 0 Å². The molecule has 312 valence electrons. The second-order valence-corrected chi connectivity index (χ2v) is 15.8. The molecule has 0 saturated heterocycles. The quantitative estimate of drug-likeness (QED) is 0.101. The van der Waals surface area contributed by atoms with Gasteiger partial charge in [0.25, 0.3) is 0 Å². The first-order valence-corrected chi connectivity index (χ1v) is 21.2. The Morgan fingerprint density at radius 2 is 0.677 bits per heavy atom. The van der Waals surface area contributed by atoms with Gasteiger partial charge < -0.3 is 20.4 Å². The van der Waals surface area contributed by atoms with Gasteiger partial charge in [0.15, 0.2) is 0 Å². The molecule has 0 aliphatic carbocycles. The van der Waals surface area contributed by atoms with Crippen molar-refractivity contribution in [2.75, 3.05) is 0 Å². The van der Waals surface area contributed by atoms with E-state index in [1.165, 1.54) is 12.3 Å². The summed E-state index contributed by atoms with van der Waals surface area (Å²) in [5, 5.41) is 40.4. The topological polar surface area (TPSA) is 120 Å². The summed E-state index contributed by atoms with van der Waals surface area (Å²) in [7, 11) is 0. The van der Waals surface area contributed by atoms with E-state index in [1.807, 2.05) is 79.1 Å². The van der Waals surface area contributed by atoms with Gasteiger partial charge in [-0.05, 0) is 128 Å². The number of aliphatic hydroxyl groups is 3. The molecule has 7 heteroatoms. The minimum atomic E-state index is -3.00. The molecule has 0 unspecified atom stereocenters. The molecule has 0 aliphatic heterocycles. The molecule has 10 aromatic rings. The normalized spacial score (nSPS) is 11.4. The first-order chi connectivity index (χ1) is 31.8. The summed E-state index contributed by atoms with van der Waals surface area (Å²) >= 11 is 0. The van der Waals surface area contributed by atoms with E-state index in [-0.39, 0.29) is 11.3 Å². The molecule has 65 heavy (non-hydrogen) atoms. The summed E-state index contributed by atoms with van der Waals surface area (Å²) < 4.78 is 0. The molecule has 0 spiro atoms. The minimum Gasteiger partial charge on any atom is -0.507 e. The van der Waals surface area contributed by atoms with E-state index < -0.39 is 5.97 Å². The zero-order valence-electron chi connectivity index (χ0n) is 35.0. The Morgan fingerprint density at radius 1 is 0.292 bits per heavy atom. The van der Waals surface area contributed by atoms with Crippen LogP contribution in [0, 0.1) is 0 Å². The zero-order valence-corrected chi connectivity index (χ0v) is 35.0. The molecule has 10 rings (SSSR count). The highest BCUT2D eigenvalue weighted by atomic mass is 16.7. The van der Waals surface area contributed by atoms with Crippen molar-refractivity contribution in [3.05, 3.63) is 230 Å². The van der Waals surface area contributed by atoms with Crippen molar-refractivity contribution in [3.63, 3.8) is 0 Å². The number of nitrogens with zero attached hydrogens (tertiary/aromatic N) is 3. The number of phenols is 1. The Kier molecular flexibility index (Phi) is 10.9. The number of benzene rings is 7. The van der Waals surface area contributed by atoms with E-state index in [1.54, 1.807) is 12.1 Å². The molecule has 3 heterocycles. The van der Waals surface area contributed by atoms with Crippen LogP contribution in [-0.4, -0.2) is 35.4 Å². The van der Waals surface area contributed by atoms with Gasteiger partial charge in [0.1, 0.15) is 5.75 Å². The van der Waals surface area contributed by atoms with Crippen LogP contribution in [0.2, 0.25) is 0 Å². The summed E-state index contributed by atoms with van der Waals surface area (Å²) in [6.07, 6.45) is 4.81. The van der Waals surface area contributed by atoms with Gasteiger partial charge in [-0.3, -0.25) is 15.0 Å². The number of aromatic hydroxyl groups is 1. The Balaban J connectivity index is 1.11. The predicted molar refractivity (Wildman–Crippen MR) is 259 cm³/mol. The minimum absolute atomic E-state index is 0.0528. The van der Waals surface area contributed by atoms with Crippen LogP contribution in [0.3, 0.4) is 0 Å². The first kappa shape index (κ1) is 40.7. The van der Waals surface area contributed by atoms with E-state index in [0.29, 0.717) is 16.8 Å². The van der Waals surface area contributed by atoms with Crippen molar-refractivity contribution >= 4 is 0 Å². The highest BCUT2D eigenvalue weighted by Crippen LogP contribution is 2.44. The van der Waals surface area contributed by atoms with Crippen LogP contribution >= 0.6 is 0 Å². The van der Waals surface area contributed by atoms with Crippen molar-refractivity contribution in [2.45, 2.75) is 5.97 Å². The number of hydrogen-bond donors (Lipinski definition) is 4. The number of hydrogen-bond acceptors (Lipinski definition) is 7. The number of phenolic OH excluding ortho intramolecular Hbond substituents is 1. The monoisotopic (exact) mass is 843 g/mol. The average molecular weight is 844 g/mol. The SMILES string of the molecule is Oc1cc(-c2ccc(C(O)(O)O)cn2)ccc1-c1ccccc1-c1cc(-c2ccccc2-c2ccc(-c3ccccn3)cc2)cc(-c2ccccc2-c2ccc(-c3ccccn3)cc2)c1. The van der Waals surface area contributed by atoms with Crippen LogP contribution in [0.1, 0.15) is 5.56 Å². The van der Waals surface area contributed by atoms with Crippen LogP contribution in [0.5, 0.6) is 5.75 Å². The van der Waals surface area contributed by atoms with Crippen molar-refractivity contribution in [1.29, 1.82) is 0 Å². The summed E-state index contributed by atoms with van der Waals surface area (Å²) in [5.41, 5.74) is 16.8. The third-order valence-electron chi connectivity index (χ3n) is 11.7. The molecule has 0 aliphatic rings. The Hall–Kier alpha value is -8.33. The van der Waals surface area contributed by atoms with Crippen molar-refractivity contribution in [2.24, 2.45) is 0 Å². The number of pyridine rings is 3. The third-order valence-corrected chi connectivity index (χ3v) is 11.7. The number of aromatic nitrogens is 3. The maximum atomic E-state index is 11.7. The maximum Gasteiger partial charge on any atom is 0.305 e. The Bertz CT molecular complexity index is 3130. The molecule has 0 bridgehead atoms. The van der Waals surface area contributed by atoms with E-state index >= 15 is 0 Å². The van der Waals surface area contributed by atoms with E-state index in [0.717, 1.165) is 83.7 Å². The van der Waals surface area contributed by atoms with Crippen LogP contribution in [0.4, 0.5) is 0 Å². The molecule has 0 amide bonds. The molecular formula is C58H41N3O4. The predicted octanol–water partition coefficient (Wildman–Crippen LogP) is 12.7. The fourth-order valence-electron chi connectivity index (χ4n) is 8.43. The molecule has 0 atom stereocenters. The lowest BCUT2D eigenvalue weighted by Gasteiger charge is -2.18. The maximum absolute atomic E-state index is 11.7. The molecule has 0 saturated carbocycles. The van der Waals surface area contributed by atoms with Crippen molar-refractivity contribution in [3.8, 4) is 106 Å². The van der Waals surface area contributed by atoms with Crippen LogP contribution in [0.25, 0.3) is 101 Å². The van der Waals surface area contributed by atoms with Crippen molar-refractivity contribution < 1.29 is 20.4 Å². The van der Waals surface area contributed by atoms with E-state index in [9.17, 15) is 20.4 Å². The van der Waals surface area contributed by atoms with Gasteiger partial charge in [-0.25, -0.2) is 0 Å². The van der Waals surface area contributed by atoms with Crippen LogP contribution in [0.15, 0.2) is 225 Å².